The highest BCUT2D eigenvalue weighted by Gasteiger charge is 2.32. The number of nitrogens with one attached hydrogen (secondary N) is 1. The van der Waals surface area contributed by atoms with Crippen molar-refractivity contribution in [2.75, 3.05) is 11.1 Å². The molecular weight excluding hydrogens is 542 g/mol. The zero-order valence-corrected chi connectivity index (χ0v) is 23.1. The maximum Gasteiger partial charge on any atom is 0.257 e. The fraction of sp³-hybridized carbons (Fsp3) is 0.194. The van der Waals surface area contributed by atoms with Gasteiger partial charge in [0.05, 0.1) is 34.6 Å². The minimum atomic E-state index is -0.569. The molecule has 1 amide bonds. The van der Waals surface area contributed by atoms with Gasteiger partial charge in [0.1, 0.15) is 0 Å². The van der Waals surface area contributed by atoms with Crippen molar-refractivity contribution < 1.29 is 19.4 Å². The van der Waals surface area contributed by atoms with Gasteiger partial charge in [-0.05, 0) is 47.5 Å². The first-order chi connectivity index (χ1) is 19.6. The van der Waals surface area contributed by atoms with Crippen LogP contribution in [0.5, 0.6) is 0 Å². The first-order valence-electron chi connectivity index (χ1n) is 12.9. The van der Waals surface area contributed by atoms with Gasteiger partial charge >= 0.3 is 0 Å². The van der Waals surface area contributed by atoms with Gasteiger partial charge in [-0.15, -0.1) is 11.3 Å². The topological polar surface area (TPSA) is 93.6 Å². The summed E-state index contributed by atoms with van der Waals surface area (Å²) in [5.74, 6) is 0.522. The average Bonchev–Trinajstić information content (AvgIpc) is 3.44. The van der Waals surface area contributed by atoms with Gasteiger partial charge in [0.2, 0.25) is 0 Å². The molecule has 1 aliphatic rings. The van der Waals surface area contributed by atoms with E-state index in [-0.39, 0.29) is 24.7 Å². The molecule has 1 fully saturated rings. The molecule has 0 bridgehead atoms. The summed E-state index contributed by atoms with van der Waals surface area (Å²) in [7, 11) is 0. The van der Waals surface area contributed by atoms with Crippen LogP contribution in [-0.2, 0) is 16.1 Å². The number of amides is 1. The summed E-state index contributed by atoms with van der Waals surface area (Å²) in [5, 5.41) is 12.4. The quantitative estimate of drug-likeness (QED) is 0.199. The molecule has 5 aromatic rings. The lowest BCUT2D eigenvalue weighted by Gasteiger charge is -2.36. The van der Waals surface area contributed by atoms with Gasteiger partial charge in [0.15, 0.2) is 10.6 Å². The highest BCUT2D eigenvalue weighted by molar-refractivity contribution is 8.01. The number of carbonyl (C=O) groups is 1. The highest BCUT2D eigenvalue weighted by Crippen LogP contribution is 2.40. The predicted octanol–water partition coefficient (Wildman–Crippen LogP) is 6.77. The zero-order valence-electron chi connectivity index (χ0n) is 21.5. The highest BCUT2D eigenvalue weighted by atomic mass is 32.2. The lowest BCUT2D eigenvalue weighted by Crippen LogP contribution is -2.31. The Morgan fingerprint density at radius 2 is 1.77 bits per heavy atom. The van der Waals surface area contributed by atoms with Crippen LogP contribution in [0.4, 0.5) is 5.69 Å². The van der Waals surface area contributed by atoms with Gasteiger partial charge in [-0.2, -0.15) is 0 Å². The van der Waals surface area contributed by atoms with E-state index in [2.05, 4.69) is 16.4 Å². The van der Waals surface area contributed by atoms with Crippen molar-refractivity contribution >= 4 is 44.9 Å². The van der Waals surface area contributed by atoms with Crippen molar-refractivity contribution in [1.82, 2.24) is 9.97 Å². The van der Waals surface area contributed by atoms with Crippen LogP contribution in [0, 0.1) is 0 Å². The van der Waals surface area contributed by atoms with Gasteiger partial charge in [0.25, 0.3) is 5.91 Å². The predicted molar refractivity (Wildman–Crippen MR) is 157 cm³/mol. The van der Waals surface area contributed by atoms with Crippen molar-refractivity contribution in [3.63, 3.8) is 0 Å². The summed E-state index contributed by atoms with van der Waals surface area (Å²) >= 11 is 3.39. The Bertz CT molecular complexity index is 1540. The SMILES string of the molecule is O=C(Nc1ccc([C@H]2O[C@@H](CSc3nc4ccccc4s3)C[C@@H](c3ccc(CO)cc3)O2)cc1)c1cccnc1. The number of pyridine rings is 1. The van der Waals surface area contributed by atoms with Crippen LogP contribution < -0.4 is 5.32 Å². The number of hydrogen-bond acceptors (Lipinski definition) is 8. The number of para-hydroxylation sites is 1. The van der Waals surface area contributed by atoms with E-state index in [0.717, 1.165) is 32.3 Å². The zero-order chi connectivity index (χ0) is 27.3. The molecular formula is C31H27N3O4S2. The minimum Gasteiger partial charge on any atom is -0.392 e. The van der Waals surface area contributed by atoms with E-state index in [4.69, 9.17) is 14.5 Å². The van der Waals surface area contributed by atoms with E-state index in [9.17, 15) is 9.90 Å². The Labute approximate surface area is 240 Å². The number of benzene rings is 3. The molecule has 1 aliphatic heterocycles. The Morgan fingerprint density at radius 1 is 0.975 bits per heavy atom. The molecule has 3 aromatic carbocycles. The van der Waals surface area contributed by atoms with E-state index in [1.165, 1.54) is 10.9 Å². The molecule has 202 valence electrons. The van der Waals surface area contributed by atoms with Crippen molar-refractivity contribution in [1.29, 1.82) is 0 Å². The number of ether oxygens (including phenoxy) is 2. The number of fused-ring (bicyclic) bond motifs is 1. The third-order valence-electron chi connectivity index (χ3n) is 6.65. The maximum absolute atomic E-state index is 12.5. The minimum absolute atomic E-state index is 0.00262. The summed E-state index contributed by atoms with van der Waals surface area (Å²) < 4.78 is 15.1. The summed E-state index contributed by atoms with van der Waals surface area (Å²) in [6.45, 7) is 0.00262. The average molecular weight is 570 g/mol. The molecule has 3 atom stereocenters. The van der Waals surface area contributed by atoms with Crippen molar-refractivity contribution in [3.8, 4) is 0 Å². The van der Waals surface area contributed by atoms with E-state index in [0.29, 0.717) is 17.7 Å². The van der Waals surface area contributed by atoms with Gasteiger partial charge in [-0.1, -0.05) is 60.3 Å². The molecule has 7 nitrogen and oxygen atoms in total. The number of nitrogens with zero attached hydrogens (tertiary/aromatic N) is 2. The fourth-order valence-corrected chi connectivity index (χ4v) is 6.64. The summed E-state index contributed by atoms with van der Waals surface area (Å²) in [5.41, 5.74) is 4.95. The summed E-state index contributed by atoms with van der Waals surface area (Å²) in [6.07, 6.45) is 3.06. The van der Waals surface area contributed by atoms with Gasteiger partial charge in [0, 0.05) is 35.8 Å². The number of aromatic nitrogens is 2. The first kappa shape index (κ1) is 26.6. The monoisotopic (exact) mass is 569 g/mol. The van der Waals surface area contributed by atoms with E-state index in [1.54, 1.807) is 41.4 Å². The second-order valence-corrected chi connectivity index (χ2v) is 11.7. The third-order valence-corrected chi connectivity index (χ3v) is 8.96. The van der Waals surface area contributed by atoms with Crippen molar-refractivity contribution in [3.05, 3.63) is 120 Å². The Morgan fingerprint density at radius 3 is 2.52 bits per heavy atom. The molecule has 40 heavy (non-hydrogen) atoms. The first-order valence-corrected chi connectivity index (χ1v) is 14.7. The molecule has 1 saturated heterocycles. The molecule has 2 N–H and O–H groups in total. The Hall–Kier alpha value is -3.60. The van der Waals surface area contributed by atoms with Gasteiger partial charge in [-0.25, -0.2) is 4.98 Å². The van der Waals surface area contributed by atoms with E-state index < -0.39 is 6.29 Å². The van der Waals surface area contributed by atoms with Crippen LogP contribution >= 0.6 is 23.1 Å². The molecule has 0 spiro atoms. The Kier molecular flexibility index (Phi) is 8.17. The lowest BCUT2D eigenvalue weighted by molar-refractivity contribution is -0.245. The third kappa shape index (κ3) is 6.24. The van der Waals surface area contributed by atoms with Crippen molar-refractivity contribution in [2.24, 2.45) is 0 Å². The lowest BCUT2D eigenvalue weighted by atomic mass is 10.0. The van der Waals surface area contributed by atoms with Crippen LogP contribution in [0.2, 0.25) is 0 Å². The second-order valence-electron chi connectivity index (χ2n) is 9.43. The number of rotatable bonds is 8. The number of aliphatic hydroxyl groups is 1. The van der Waals surface area contributed by atoms with Crippen LogP contribution in [0.25, 0.3) is 10.2 Å². The molecule has 9 heteroatoms. The van der Waals surface area contributed by atoms with E-state index in [1.807, 2.05) is 66.7 Å². The van der Waals surface area contributed by atoms with Gasteiger partial charge in [-0.3, -0.25) is 9.78 Å². The fourth-order valence-electron chi connectivity index (χ4n) is 4.52. The normalized spacial score (nSPS) is 19.0. The second kappa shape index (κ2) is 12.3. The van der Waals surface area contributed by atoms with Crippen molar-refractivity contribution in [2.45, 2.75) is 35.9 Å². The Balaban J connectivity index is 1.18. The number of thioether (sulfide) groups is 1. The molecule has 2 aromatic heterocycles. The van der Waals surface area contributed by atoms with Crippen LogP contribution in [0.3, 0.4) is 0 Å². The molecule has 0 aliphatic carbocycles. The number of thiazole rings is 1. The summed E-state index contributed by atoms with van der Waals surface area (Å²) in [4.78, 5) is 21.3. The maximum atomic E-state index is 12.5. The summed E-state index contributed by atoms with van der Waals surface area (Å²) in [6, 6.07) is 27.0. The largest absolute Gasteiger partial charge is 0.392 e. The number of aliphatic hydroxyl groups excluding tert-OH is 1. The smallest absolute Gasteiger partial charge is 0.257 e. The molecule has 0 saturated carbocycles. The molecule has 6 rings (SSSR count). The molecule has 3 heterocycles. The molecule has 0 unspecified atom stereocenters. The molecule has 0 radical (unpaired) electrons. The number of hydrogen-bond donors (Lipinski definition) is 2. The van der Waals surface area contributed by atoms with Crippen LogP contribution in [0.1, 0.15) is 45.9 Å². The standard InChI is InChI=1S/C31H27N3O4S2/c35-18-20-7-9-21(10-8-20)27-16-25(19-39-31-34-26-5-1-2-6-28(26)40-31)37-30(38-27)22-11-13-24(14-12-22)33-29(36)23-4-3-15-32-17-23/h1-15,17,25,27,30,35H,16,18-19H2,(H,33,36)/t25-,27+,30+/m1/s1. The number of carbonyl (C=O) groups excluding carboxylic acids is 1. The van der Waals surface area contributed by atoms with E-state index >= 15 is 0 Å². The van der Waals surface area contributed by atoms with Crippen LogP contribution in [-0.4, -0.2) is 32.8 Å². The number of anilines is 1. The van der Waals surface area contributed by atoms with Crippen LogP contribution in [0.15, 0.2) is 102 Å². The van der Waals surface area contributed by atoms with Gasteiger partial charge < -0.3 is 19.9 Å².